The number of nitrogens with zero attached hydrogens (tertiary/aromatic N) is 3. The summed E-state index contributed by atoms with van der Waals surface area (Å²) in [6.45, 7) is 3.66. The van der Waals surface area contributed by atoms with Crippen molar-refractivity contribution in [2.24, 2.45) is 0 Å². The fraction of sp³-hybridized carbons (Fsp3) is 0.400. The minimum absolute atomic E-state index is 0.327. The Kier molecular flexibility index (Phi) is 7.01. The molecule has 20 heavy (non-hydrogen) atoms. The summed E-state index contributed by atoms with van der Waals surface area (Å²) in [7, 11) is 1.36. The maximum absolute atomic E-state index is 11.3. The maximum atomic E-state index is 11.3. The molecular weight excluding hydrogens is 254 g/mol. The van der Waals surface area contributed by atoms with Crippen LogP contribution in [0.4, 0.5) is 0 Å². The highest BCUT2D eigenvalue weighted by Gasteiger charge is 2.07. The number of pyridine rings is 1. The Hall–Kier alpha value is -2.19. The van der Waals surface area contributed by atoms with Gasteiger partial charge in [0.2, 0.25) is 0 Å². The average Bonchev–Trinajstić information content (AvgIpc) is 2.49. The number of nitriles is 1. The molecule has 1 rings (SSSR count). The van der Waals surface area contributed by atoms with E-state index in [1.54, 1.807) is 19.3 Å². The van der Waals surface area contributed by atoms with Crippen LogP contribution < -0.4 is 0 Å². The van der Waals surface area contributed by atoms with Crippen LogP contribution in [0.2, 0.25) is 0 Å². The summed E-state index contributed by atoms with van der Waals surface area (Å²) in [6.07, 6.45) is 5.80. The van der Waals surface area contributed by atoms with Gasteiger partial charge in [0.25, 0.3) is 0 Å². The van der Waals surface area contributed by atoms with Gasteiger partial charge in [-0.1, -0.05) is 12.1 Å². The minimum Gasteiger partial charge on any atom is -0.466 e. The molecule has 0 bridgehead atoms. The largest absolute Gasteiger partial charge is 0.466 e. The first kappa shape index (κ1) is 15.9. The summed E-state index contributed by atoms with van der Waals surface area (Å²) in [5.74, 6) is -0.327. The first-order valence-corrected chi connectivity index (χ1v) is 6.40. The number of carbonyl (C=O) groups is 1. The number of ether oxygens (including phenoxy) is 1. The van der Waals surface area contributed by atoms with Crippen LogP contribution in [0.15, 0.2) is 36.2 Å². The summed E-state index contributed by atoms with van der Waals surface area (Å²) in [5, 5.41) is 8.71. The highest BCUT2D eigenvalue weighted by Crippen LogP contribution is 2.05. The second kappa shape index (κ2) is 8.83. The van der Waals surface area contributed by atoms with Crippen LogP contribution in [0.25, 0.3) is 0 Å². The number of aromatic nitrogens is 1. The van der Waals surface area contributed by atoms with Gasteiger partial charge in [-0.15, -0.1) is 0 Å². The number of hydrogen-bond acceptors (Lipinski definition) is 5. The lowest BCUT2D eigenvalue weighted by Crippen LogP contribution is -2.25. The van der Waals surface area contributed by atoms with E-state index in [9.17, 15) is 4.79 Å². The van der Waals surface area contributed by atoms with Crippen molar-refractivity contribution >= 4 is 5.97 Å². The highest BCUT2D eigenvalue weighted by molar-refractivity contribution is 5.87. The Morgan fingerprint density at radius 3 is 3.00 bits per heavy atom. The van der Waals surface area contributed by atoms with Crippen molar-refractivity contribution in [3.8, 4) is 6.07 Å². The zero-order chi connectivity index (χ0) is 14.8. The predicted molar refractivity (Wildman–Crippen MR) is 75.5 cm³/mol. The molecule has 0 spiro atoms. The third-order valence-corrected chi connectivity index (χ3v) is 2.83. The normalized spacial score (nSPS) is 11.2. The molecule has 0 radical (unpaired) electrons. The van der Waals surface area contributed by atoms with Crippen LogP contribution in [-0.4, -0.2) is 36.1 Å². The lowest BCUT2D eigenvalue weighted by molar-refractivity contribution is -0.136. The second-order valence-electron chi connectivity index (χ2n) is 4.38. The van der Waals surface area contributed by atoms with Gasteiger partial charge in [-0.3, -0.25) is 9.88 Å². The average molecular weight is 273 g/mol. The smallest absolute Gasteiger partial charge is 0.333 e. The molecule has 1 heterocycles. The molecule has 0 saturated heterocycles. The molecule has 0 aliphatic carbocycles. The Balaban J connectivity index is 2.65. The van der Waals surface area contributed by atoms with Crippen molar-refractivity contribution in [2.75, 3.05) is 20.2 Å². The fourth-order valence-corrected chi connectivity index (χ4v) is 1.70. The summed E-state index contributed by atoms with van der Waals surface area (Å²) >= 11 is 0. The maximum Gasteiger partial charge on any atom is 0.333 e. The van der Waals surface area contributed by atoms with Gasteiger partial charge in [0, 0.05) is 44.0 Å². The molecule has 5 heteroatoms. The van der Waals surface area contributed by atoms with Crippen LogP contribution >= 0.6 is 0 Å². The van der Waals surface area contributed by atoms with E-state index < -0.39 is 0 Å². The topological polar surface area (TPSA) is 66.2 Å². The van der Waals surface area contributed by atoms with E-state index >= 15 is 0 Å². The summed E-state index contributed by atoms with van der Waals surface area (Å²) < 4.78 is 4.66. The van der Waals surface area contributed by atoms with Crippen LogP contribution in [0.5, 0.6) is 0 Å². The molecule has 0 atom stereocenters. The molecule has 0 unspecified atom stereocenters. The molecule has 0 saturated carbocycles. The van der Waals surface area contributed by atoms with Gasteiger partial charge in [0.1, 0.15) is 0 Å². The van der Waals surface area contributed by atoms with Crippen molar-refractivity contribution in [3.63, 3.8) is 0 Å². The van der Waals surface area contributed by atoms with Crippen molar-refractivity contribution < 1.29 is 9.53 Å². The quantitative estimate of drug-likeness (QED) is 0.561. The first-order chi connectivity index (χ1) is 9.67. The van der Waals surface area contributed by atoms with Gasteiger partial charge in [-0.05, 0) is 18.6 Å². The van der Waals surface area contributed by atoms with E-state index in [0.717, 1.165) is 5.56 Å². The first-order valence-electron chi connectivity index (χ1n) is 6.40. The Morgan fingerprint density at radius 1 is 1.60 bits per heavy atom. The predicted octanol–water partition coefficient (Wildman–Crippen LogP) is 1.92. The zero-order valence-electron chi connectivity index (χ0n) is 11.9. The standard InChI is InChI=1S/C15H19N3O2/c1-13(15(19)20-2)6-10-18(9-4-7-16)12-14-5-3-8-17-11-14/h3,5-6,8,11H,4,9-10,12H2,1-2H3. The van der Waals surface area contributed by atoms with E-state index in [0.29, 0.717) is 31.6 Å². The van der Waals surface area contributed by atoms with Crippen molar-refractivity contribution in [1.29, 1.82) is 5.26 Å². The number of hydrogen-bond donors (Lipinski definition) is 0. The monoisotopic (exact) mass is 273 g/mol. The molecule has 1 aromatic rings. The van der Waals surface area contributed by atoms with Crippen molar-refractivity contribution in [2.45, 2.75) is 19.9 Å². The summed E-state index contributed by atoms with van der Waals surface area (Å²) in [6, 6.07) is 6.01. The summed E-state index contributed by atoms with van der Waals surface area (Å²) in [5.41, 5.74) is 1.65. The van der Waals surface area contributed by atoms with Gasteiger partial charge in [0.05, 0.1) is 13.2 Å². The molecular formula is C15H19N3O2. The number of carbonyl (C=O) groups excluding carboxylic acids is 1. The van der Waals surface area contributed by atoms with Crippen LogP contribution in [0.3, 0.4) is 0 Å². The van der Waals surface area contributed by atoms with Gasteiger partial charge in [-0.2, -0.15) is 5.26 Å². The molecule has 106 valence electrons. The van der Waals surface area contributed by atoms with E-state index in [1.165, 1.54) is 7.11 Å². The van der Waals surface area contributed by atoms with Gasteiger partial charge in [0.15, 0.2) is 0 Å². The van der Waals surface area contributed by atoms with E-state index in [-0.39, 0.29) is 5.97 Å². The van der Waals surface area contributed by atoms with E-state index in [1.807, 2.05) is 18.2 Å². The lowest BCUT2D eigenvalue weighted by atomic mass is 10.2. The van der Waals surface area contributed by atoms with Gasteiger partial charge < -0.3 is 4.74 Å². The van der Waals surface area contributed by atoms with Crippen LogP contribution in [0.1, 0.15) is 18.9 Å². The molecule has 0 aliphatic rings. The van der Waals surface area contributed by atoms with Crippen molar-refractivity contribution in [3.05, 3.63) is 41.7 Å². The molecule has 0 fully saturated rings. The Morgan fingerprint density at radius 2 is 2.40 bits per heavy atom. The zero-order valence-corrected chi connectivity index (χ0v) is 11.9. The highest BCUT2D eigenvalue weighted by atomic mass is 16.5. The summed E-state index contributed by atoms with van der Waals surface area (Å²) in [4.78, 5) is 17.5. The molecule has 0 aromatic carbocycles. The van der Waals surface area contributed by atoms with E-state index in [4.69, 9.17) is 5.26 Å². The molecule has 0 amide bonds. The van der Waals surface area contributed by atoms with Crippen LogP contribution in [0, 0.1) is 11.3 Å². The van der Waals surface area contributed by atoms with Gasteiger partial charge in [-0.25, -0.2) is 4.79 Å². The molecule has 0 aliphatic heterocycles. The third-order valence-electron chi connectivity index (χ3n) is 2.83. The lowest BCUT2D eigenvalue weighted by Gasteiger charge is -2.19. The van der Waals surface area contributed by atoms with Crippen LogP contribution in [-0.2, 0) is 16.1 Å². The second-order valence-corrected chi connectivity index (χ2v) is 4.38. The Labute approximate surface area is 119 Å². The fourth-order valence-electron chi connectivity index (χ4n) is 1.70. The number of rotatable bonds is 7. The Bertz CT molecular complexity index is 492. The van der Waals surface area contributed by atoms with Gasteiger partial charge >= 0.3 is 5.97 Å². The SMILES string of the molecule is COC(=O)C(C)=CCN(CCC#N)Cc1cccnc1. The molecule has 5 nitrogen and oxygen atoms in total. The number of esters is 1. The number of methoxy groups -OCH3 is 1. The third kappa shape index (κ3) is 5.63. The molecule has 0 N–H and O–H groups in total. The van der Waals surface area contributed by atoms with Crippen molar-refractivity contribution in [1.82, 2.24) is 9.88 Å². The molecule has 1 aromatic heterocycles. The van der Waals surface area contributed by atoms with E-state index in [2.05, 4.69) is 20.7 Å². The minimum atomic E-state index is -0.327.